The van der Waals surface area contributed by atoms with Gasteiger partial charge in [-0.05, 0) is 18.2 Å². The second kappa shape index (κ2) is 4.94. The van der Waals surface area contributed by atoms with Gasteiger partial charge in [0.2, 0.25) is 0 Å². The van der Waals surface area contributed by atoms with Crippen molar-refractivity contribution in [3.05, 3.63) is 24.5 Å². The SMILES string of the molecule is Nc1ccc2c(NCC(O)CO)ncnc2c1. The summed E-state index contributed by atoms with van der Waals surface area (Å²) in [7, 11) is 0. The van der Waals surface area contributed by atoms with Crippen molar-refractivity contribution in [2.45, 2.75) is 6.10 Å². The first-order valence-corrected chi connectivity index (χ1v) is 5.23. The molecule has 0 aliphatic rings. The summed E-state index contributed by atoms with van der Waals surface area (Å²) in [6.45, 7) is -0.0596. The Balaban J connectivity index is 2.28. The van der Waals surface area contributed by atoms with Crippen LogP contribution in [0.1, 0.15) is 0 Å². The number of hydrogen-bond donors (Lipinski definition) is 4. The molecular formula is C11H14N4O2. The van der Waals surface area contributed by atoms with Gasteiger partial charge in [0.25, 0.3) is 0 Å². The molecule has 6 heteroatoms. The molecule has 1 atom stereocenters. The van der Waals surface area contributed by atoms with Gasteiger partial charge in [0, 0.05) is 17.6 Å². The number of nitrogens with zero attached hydrogens (tertiary/aromatic N) is 2. The van der Waals surface area contributed by atoms with Crippen molar-refractivity contribution in [3.63, 3.8) is 0 Å². The van der Waals surface area contributed by atoms with Crippen LogP contribution in [-0.2, 0) is 0 Å². The molecule has 1 aromatic carbocycles. The van der Waals surface area contributed by atoms with Crippen molar-refractivity contribution in [2.24, 2.45) is 0 Å². The average molecular weight is 234 g/mol. The van der Waals surface area contributed by atoms with Gasteiger partial charge in [-0.2, -0.15) is 0 Å². The molecule has 2 rings (SSSR count). The monoisotopic (exact) mass is 234 g/mol. The summed E-state index contributed by atoms with van der Waals surface area (Å²) in [6.07, 6.45) is 0.615. The topological polar surface area (TPSA) is 104 Å². The van der Waals surface area contributed by atoms with Gasteiger partial charge in [-0.25, -0.2) is 9.97 Å². The van der Waals surface area contributed by atoms with Crippen LogP contribution >= 0.6 is 0 Å². The molecule has 6 nitrogen and oxygen atoms in total. The van der Waals surface area contributed by atoms with Crippen molar-refractivity contribution in [1.82, 2.24) is 9.97 Å². The highest BCUT2D eigenvalue weighted by Crippen LogP contribution is 2.20. The normalized spacial score (nSPS) is 12.6. The van der Waals surface area contributed by atoms with Crippen LogP contribution in [0.4, 0.5) is 11.5 Å². The molecule has 1 aromatic heterocycles. The molecule has 5 N–H and O–H groups in total. The first-order valence-electron chi connectivity index (χ1n) is 5.23. The van der Waals surface area contributed by atoms with Crippen molar-refractivity contribution >= 4 is 22.4 Å². The van der Waals surface area contributed by atoms with Gasteiger partial charge in [-0.1, -0.05) is 0 Å². The minimum absolute atomic E-state index is 0.229. The van der Waals surface area contributed by atoms with Crippen LogP contribution in [0, 0.1) is 0 Å². The first kappa shape index (κ1) is 11.6. The van der Waals surface area contributed by atoms with Crippen molar-refractivity contribution in [1.29, 1.82) is 0 Å². The summed E-state index contributed by atoms with van der Waals surface area (Å²) in [6, 6.07) is 5.34. The van der Waals surface area contributed by atoms with E-state index >= 15 is 0 Å². The van der Waals surface area contributed by atoms with E-state index in [9.17, 15) is 5.11 Å². The van der Waals surface area contributed by atoms with E-state index in [4.69, 9.17) is 10.8 Å². The zero-order valence-corrected chi connectivity index (χ0v) is 9.17. The number of aliphatic hydroxyl groups excluding tert-OH is 2. The van der Waals surface area contributed by atoms with Crippen molar-refractivity contribution < 1.29 is 10.2 Å². The number of nitrogens with two attached hydrogens (primary N) is 1. The van der Waals surface area contributed by atoms with Crippen LogP contribution in [0.5, 0.6) is 0 Å². The number of nitrogens with one attached hydrogen (secondary N) is 1. The molecule has 0 bridgehead atoms. The maximum Gasteiger partial charge on any atom is 0.137 e. The zero-order chi connectivity index (χ0) is 12.3. The van der Waals surface area contributed by atoms with Crippen LogP contribution < -0.4 is 11.1 Å². The molecule has 0 radical (unpaired) electrons. The number of benzene rings is 1. The Kier molecular flexibility index (Phi) is 3.36. The highest BCUT2D eigenvalue weighted by molar-refractivity contribution is 5.90. The van der Waals surface area contributed by atoms with E-state index in [1.807, 2.05) is 6.07 Å². The van der Waals surface area contributed by atoms with Gasteiger partial charge in [0.05, 0.1) is 18.2 Å². The Labute approximate surface area is 98.1 Å². The molecule has 0 saturated carbocycles. The number of aromatic nitrogens is 2. The first-order chi connectivity index (χ1) is 8.20. The van der Waals surface area contributed by atoms with Crippen molar-refractivity contribution in [3.8, 4) is 0 Å². The Morgan fingerprint density at radius 1 is 1.35 bits per heavy atom. The van der Waals surface area contributed by atoms with E-state index in [2.05, 4.69) is 15.3 Å². The molecule has 0 spiro atoms. The molecular weight excluding hydrogens is 220 g/mol. The third kappa shape index (κ3) is 2.61. The van der Waals surface area contributed by atoms with E-state index in [0.717, 1.165) is 10.9 Å². The van der Waals surface area contributed by atoms with Crippen LogP contribution in [0.2, 0.25) is 0 Å². The summed E-state index contributed by atoms with van der Waals surface area (Å²) in [5.74, 6) is 0.613. The van der Waals surface area contributed by atoms with E-state index in [0.29, 0.717) is 11.5 Å². The minimum atomic E-state index is -0.811. The standard InChI is InChI=1S/C11H14N4O2/c12-7-1-2-9-10(3-7)14-6-15-11(9)13-4-8(17)5-16/h1-3,6,8,16-17H,4-5,12H2,(H,13,14,15). The third-order valence-electron chi connectivity index (χ3n) is 2.38. The Morgan fingerprint density at radius 2 is 2.18 bits per heavy atom. The van der Waals surface area contributed by atoms with Gasteiger partial charge in [0.15, 0.2) is 0 Å². The number of anilines is 2. The summed E-state index contributed by atoms with van der Waals surface area (Å²) < 4.78 is 0. The zero-order valence-electron chi connectivity index (χ0n) is 9.17. The predicted molar refractivity (Wildman–Crippen MR) is 65.5 cm³/mol. The van der Waals surface area contributed by atoms with Crippen LogP contribution in [-0.4, -0.2) is 39.4 Å². The van der Waals surface area contributed by atoms with Crippen LogP contribution in [0.3, 0.4) is 0 Å². The van der Waals surface area contributed by atoms with Gasteiger partial charge in [0.1, 0.15) is 12.1 Å². The molecule has 90 valence electrons. The molecule has 17 heavy (non-hydrogen) atoms. The molecule has 1 heterocycles. The molecule has 1 unspecified atom stereocenters. The smallest absolute Gasteiger partial charge is 0.137 e. The molecule has 0 fully saturated rings. The predicted octanol–water partition coefficient (Wildman–Crippen LogP) is -0.0229. The van der Waals surface area contributed by atoms with Crippen molar-refractivity contribution in [2.75, 3.05) is 24.2 Å². The fourth-order valence-corrected chi connectivity index (χ4v) is 1.49. The van der Waals surface area contributed by atoms with Crippen LogP contribution in [0.15, 0.2) is 24.5 Å². The lowest BCUT2D eigenvalue weighted by Crippen LogP contribution is -2.23. The summed E-state index contributed by atoms with van der Waals surface area (Å²) in [5, 5.41) is 21.8. The molecule has 0 amide bonds. The lowest BCUT2D eigenvalue weighted by molar-refractivity contribution is 0.105. The second-order valence-electron chi connectivity index (χ2n) is 3.72. The van der Waals surface area contributed by atoms with E-state index < -0.39 is 6.10 Å². The van der Waals surface area contributed by atoms with Gasteiger partial charge >= 0.3 is 0 Å². The second-order valence-corrected chi connectivity index (χ2v) is 3.72. The van der Waals surface area contributed by atoms with E-state index in [1.54, 1.807) is 12.1 Å². The summed E-state index contributed by atoms with van der Waals surface area (Å²) in [5.41, 5.74) is 7.04. The van der Waals surface area contributed by atoms with Gasteiger partial charge < -0.3 is 21.3 Å². The highest BCUT2D eigenvalue weighted by atomic mass is 16.3. The minimum Gasteiger partial charge on any atom is -0.399 e. The number of hydrogen-bond acceptors (Lipinski definition) is 6. The maximum atomic E-state index is 9.26. The number of aliphatic hydroxyl groups is 2. The largest absolute Gasteiger partial charge is 0.399 e. The molecule has 0 aliphatic heterocycles. The maximum absolute atomic E-state index is 9.26. The Bertz CT molecular complexity index is 518. The van der Waals surface area contributed by atoms with Crippen LogP contribution in [0.25, 0.3) is 10.9 Å². The lowest BCUT2D eigenvalue weighted by Gasteiger charge is -2.11. The fourth-order valence-electron chi connectivity index (χ4n) is 1.49. The van der Waals surface area contributed by atoms with E-state index in [1.165, 1.54) is 6.33 Å². The number of fused-ring (bicyclic) bond motifs is 1. The fraction of sp³-hybridized carbons (Fsp3) is 0.273. The van der Waals surface area contributed by atoms with Gasteiger partial charge in [-0.15, -0.1) is 0 Å². The quantitative estimate of drug-likeness (QED) is 0.554. The Hall–Kier alpha value is -1.92. The lowest BCUT2D eigenvalue weighted by atomic mass is 10.2. The average Bonchev–Trinajstić information content (AvgIpc) is 2.35. The Morgan fingerprint density at radius 3 is 2.94 bits per heavy atom. The highest BCUT2D eigenvalue weighted by Gasteiger charge is 2.06. The van der Waals surface area contributed by atoms with Gasteiger partial charge in [-0.3, -0.25) is 0 Å². The molecule has 2 aromatic rings. The number of rotatable bonds is 4. The molecule has 0 aliphatic carbocycles. The molecule has 0 saturated heterocycles. The number of nitrogen functional groups attached to an aromatic ring is 1. The van der Waals surface area contributed by atoms with E-state index in [-0.39, 0.29) is 13.2 Å². The summed E-state index contributed by atoms with van der Waals surface area (Å²) in [4.78, 5) is 8.19. The third-order valence-corrected chi connectivity index (χ3v) is 2.38. The summed E-state index contributed by atoms with van der Waals surface area (Å²) >= 11 is 0.